The van der Waals surface area contributed by atoms with Crippen molar-refractivity contribution in [2.24, 2.45) is 0 Å². The molecule has 14 heavy (non-hydrogen) atoms. The fraction of sp³-hybridized carbons (Fsp3) is 0.875. The van der Waals surface area contributed by atoms with Crippen molar-refractivity contribution in [1.82, 2.24) is 0 Å². The van der Waals surface area contributed by atoms with E-state index in [0.717, 1.165) is 0 Å². The van der Waals surface area contributed by atoms with Gasteiger partial charge in [0.1, 0.15) is 0 Å². The van der Waals surface area contributed by atoms with Crippen molar-refractivity contribution in [3.8, 4) is 0 Å². The Balaban J connectivity index is 0. The van der Waals surface area contributed by atoms with Gasteiger partial charge in [0, 0.05) is 6.92 Å². The summed E-state index contributed by atoms with van der Waals surface area (Å²) in [6, 6.07) is 0. The molecule has 0 saturated heterocycles. The van der Waals surface area contributed by atoms with Gasteiger partial charge in [0.05, 0.1) is 19.8 Å². The first-order valence-electron chi connectivity index (χ1n) is 4.51. The van der Waals surface area contributed by atoms with Crippen LogP contribution in [0, 0.1) is 0 Å². The zero-order chi connectivity index (χ0) is 11.4. The molecule has 0 aromatic heterocycles. The fourth-order valence-electron chi connectivity index (χ4n) is 0.481. The van der Waals surface area contributed by atoms with E-state index in [9.17, 15) is 9.36 Å². The van der Waals surface area contributed by atoms with Crippen LogP contribution in [0.2, 0.25) is 0 Å². The van der Waals surface area contributed by atoms with Crippen LogP contribution in [0.5, 0.6) is 0 Å². The Bertz CT molecular complexity index is 152. The summed E-state index contributed by atoms with van der Waals surface area (Å²) in [5.41, 5.74) is 0. The third kappa shape index (κ3) is 17.6. The maximum atomic E-state index is 10.4. The summed E-state index contributed by atoms with van der Waals surface area (Å²) in [4.78, 5) is 9.82. The van der Waals surface area contributed by atoms with E-state index in [1.807, 2.05) is 0 Å². The molecule has 0 aliphatic rings. The van der Waals surface area contributed by atoms with Crippen LogP contribution < -0.4 is 0 Å². The molecule has 0 N–H and O–H groups in total. The van der Waals surface area contributed by atoms with E-state index in [0.29, 0.717) is 19.8 Å². The van der Waals surface area contributed by atoms with Crippen molar-refractivity contribution in [3.63, 3.8) is 0 Å². The van der Waals surface area contributed by atoms with E-state index >= 15 is 0 Å². The van der Waals surface area contributed by atoms with Crippen molar-refractivity contribution in [2.75, 3.05) is 19.8 Å². The van der Waals surface area contributed by atoms with E-state index in [1.165, 1.54) is 6.92 Å². The lowest BCUT2D eigenvalue weighted by atomic mass is 10.8. The van der Waals surface area contributed by atoms with Gasteiger partial charge in [-0.05, 0) is 20.8 Å². The first kappa shape index (κ1) is 16.1. The minimum atomic E-state index is -2.14. The van der Waals surface area contributed by atoms with Crippen LogP contribution in [0.1, 0.15) is 27.7 Å². The van der Waals surface area contributed by atoms with Gasteiger partial charge in [0.2, 0.25) is 0 Å². The highest BCUT2D eigenvalue weighted by Gasteiger charge is 1.91. The number of carbonyl (C=O) groups is 1. The highest BCUT2D eigenvalue weighted by Crippen LogP contribution is 2.21. The Morgan fingerprint density at radius 3 is 1.64 bits per heavy atom. The molecule has 0 aliphatic carbocycles. The second-order valence-electron chi connectivity index (χ2n) is 2.04. The van der Waals surface area contributed by atoms with Crippen LogP contribution in [0.15, 0.2) is 0 Å². The van der Waals surface area contributed by atoms with Crippen LogP contribution in [0.4, 0.5) is 0 Å². The topological polar surface area (TPSA) is 61.8 Å². The molecule has 0 heterocycles. The number of ether oxygens (including phenoxy) is 1. The van der Waals surface area contributed by atoms with Gasteiger partial charge in [-0.3, -0.25) is 9.36 Å². The molecule has 0 saturated carbocycles. The van der Waals surface area contributed by atoms with Gasteiger partial charge in [0.25, 0.3) is 0 Å². The highest BCUT2D eigenvalue weighted by atomic mass is 31.1. The standard InChI is InChI=1S/C4H11O3P.C4H8O2/c1-3-6-8(5)7-4-2;1-3-6-4(2)5/h8H,3-4H2,1-2H3;3H2,1-2H3. The third-order valence-corrected chi connectivity index (χ3v) is 1.92. The van der Waals surface area contributed by atoms with Crippen molar-refractivity contribution in [3.05, 3.63) is 0 Å². The molecular weight excluding hydrogens is 207 g/mol. The largest absolute Gasteiger partial charge is 0.466 e. The van der Waals surface area contributed by atoms with Gasteiger partial charge < -0.3 is 13.8 Å². The maximum absolute atomic E-state index is 10.4. The number of hydrogen-bond donors (Lipinski definition) is 0. The minimum absolute atomic E-state index is 0.211. The molecule has 86 valence electrons. The lowest BCUT2D eigenvalue weighted by Crippen LogP contribution is -1.95. The van der Waals surface area contributed by atoms with E-state index in [1.54, 1.807) is 20.8 Å². The Kier molecular flexibility index (Phi) is 14.5. The first-order chi connectivity index (χ1) is 6.58. The molecule has 0 atom stereocenters. The normalized spacial score (nSPS) is 9.21. The second-order valence-corrected chi connectivity index (χ2v) is 3.12. The minimum Gasteiger partial charge on any atom is -0.466 e. The fourth-order valence-corrected chi connectivity index (χ4v) is 1.04. The predicted octanol–water partition coefficient (Wildman–Crippen LogP) is 2.02. The Morgan fingerprint density at radius 1 is 1.07 bits per heavy atom. The van der Waals surface area contributed by atoms with Crippen molar-refractivity contribution in [1.29, 1.82) is 0 Å². The molecule has 5 nitrogen and oxygen atoms in total. The first-order valence-corrected chi connectivity index (χ1v) is 5.73. The molecule has 0 aromatic carbocycles. The quantitative estimate of drug-likeness (QED) is 0.530. The highest BCUT2D eigenvalue weighted by molar-refractivity contribution is 7.33. The van der Waals surface area contributed by atoms with Gasteiger partial charge in [-0.1, -0.05) is 0 Å². The summed E-state index contributed by atoms with van der Waals surface area (Å²) < 4.78 is 24.0. The van der Waals surface area contributed by atoms with Crippen molar-refractivity contribution < 1.29 is 23.1 Å². The smallest absolute Gasteiger partial charge is 0.319 e. The average Bonchev–Trinajstić information content (AvgIpc) is 2.05. The maximum Gasteiger partial charge on any atom is 0.319 e. The van der Waals surface area contributed by atoms with Gasteiger partial charge in [-0.15, -0.1) is 0 Å². The summed E-state index contributed by atoms with van der Waals surface area (Å²) >= 11 is 0. The zero-order valence-corrected chi connectivity index (χ0v) is 10.2. The summed E-state index contributed by atoms with van der Waals surface area (Å²) in [6.07, 6.45) is 0. The van der Waals surface area contributed by atoms with Crippen molar-refractivity contribution >= 4 is 14.2 Å². The van der Waals surface area contributed by atoms with Crippen LogP contribution >= 0.6 is 8.25 Å². The van der Waals surface area contributed by atoms with E-state index in [4.69, 9.17) is 0 Å². The SMILES string of the molecule is CCOC(C)=O.CCO[PH](=O)OCC. The van der Waals surface area contributed by atoms with Crippen molar-refractivity contribution in [2.45, 2.75) is 27.7 Å². The molecular formula is C8H19O5P. The number of hydrogen-bond acceptors (Lipinski definition) is 5. The van der Waals surface area contributed by atoms with Gasteiger partial charge in [-0.2, -0.15) is 0 Å². The van der Waals surface area contributed by atoms with E-state index in [2.05, 4.69) is 13.8 Å². The summed E-state index contributed by atoms with van der Waals surface area (Å²) in [6.45, 7) is 8.12. The molecule has 6 heteroatoms. The molecule has 0 fully saturated rings. The van der Waals surface area contributed by atoms with Crippen LogP contribution in [0.25, 0.3) is 0 Å². The monoisotopic (exact) mass is 226 g/mol. The van der Waals surface area contributed by atoms with E-state index in [-0.39, 0.29) is 5.97 Å². The average molecular weight is 226 g/mol. The molecule has 0 amide bonds. The summed E-state index contributed by atoms with van der Waals surface area (Å²) in [7, 11) is -2.14. The molecule has 0 bridgehead atoms. The second kappa shape index (κ2) is 12.6. The number of esters is 1. The lowest BCUT2D eigenvalue weighted by Gasteiger charge is -1.97. The Labute approximate surface area is 85.7 Å². The van der Waals surface area contributed by atoms with Crippen LogP contribution in [-0.4, -0.2) is 25.8 Å². The zero-order valence-electron chi connectivity index (χ0n) is 9.16. The molecule has 0 spiro atoms. The molecule has 0 unspecified atom stereocenters. The Hall–Kier alpha value is -0.380. The summed E-state index contributed by atoms with van der Waals surface area (Å²) in [5.74, 6) is -0.211. The van der Waals surface area contributed by atoms with E-state index < -0.39 is 8.25 Å². The predicted molar refractivity (Wildman–Crippen MR) is 54.6 cm³/mol. The molecule has 0 aromatic rings. The summed E-state index contributed by atoms with van der Waals surface area (Å²) in [5, 5.41) is 0. The number of carbonyl (C=O) groups excluding carboxylic acids is 1. The number of rotatable bonds is 5. The van der Waals surface area contributed by atoms with Crippen LogP contribution in [0.3, 0.4) is 0 Å². The molecule has 0 rings (SSSR count). The van der Waals surface area contributed by atoms with Gasteiger partial charge in [-0.25, -0.2) is 0 Å². The Morgan fingerprint density at radius 2 is 1.50 bits per heavy atom. The lowest BCUT2D eigenvalue weighted by molar-refractivity contribution is -0.140. The molecule has 0 aliphatic heterocycles. The molecule has 0 radical (unpaired) electrons. The van der Waals surface area contributed by atoms with Crippen LogP contribution in [-0.2, 0) is 23.1 Å². The van der Waals surface area contributed by atoms with Gasteiger partial charge in [0.15, 0.2) is 0 Å². The van der Waals surface area contributed by atoms with Gasteiger partial charge >= 0.3 is 14.2 Å². The third-order valence-electron chi connectivity index (χ3n) is 0.872.